The van der Waals surface area contributed by atoms with Crippen molar-refractivity contribution in [1.82, 2.24) is 5.43 Å². The molecule has 4 nitrogen and oxygen atoms in total. The molecule has 1 unspecified atom stereocenters. The molecule has 1 atom stereocenters. The van der Waals surface area contributed by atoms with E-state index in [0.717, 1.165) is 23.5 Å². The van der Waals surface area contributed by atoms with Crippen LogP contribution in [0.15, 0.2) is 18.2 Å². The molecule has 0 aliphatic carbocycles. The molecule has 0 aliphatic rings. The lowest BCUT2D eigenvalue weighted by atomic mass is 9.78. The highest BCUT2D eigenvalue weighted by Gasteiger charge is 2.29. The van der Waals surface area contributed by atoms with Gasteiger partial charge in [-0.3, -0.25) is 11.3 Å². The van der Waals surface area contributed by atoms with E-state index in [2.05, 4.69) is 26.2 Å². The van der Waals surface area contributed by atoms with E-state index in [1.807, 2.05) is 18.2 Å². The van der Waals surface area contributed by atoms with Crippen LogP contribution in [0.25, 0.3) is 0 Å². The molecule has 0 saturated heterocycles. The van der Waals surface area contributed by atoms with Crippen molar-refractivity contribution in [2.24, 2.45) is 11.3 Å². The molecule has 0 fully saturated rings. The average Bonchev–Trinajstić information content (AvgIpc) is 2.38. The Hall–Kier alpha value is -1.26. The molecule has 1 rings (SSSR count). The molecule has 0 aliphatic heterocycles. The summed E-state index contributed by atoms with van der Waals surface area (Å²) < 4.78 is 10.6. The van der Waals surface area contributed by atoms with Crippen LogP contribution in [0.4, 0.5) is 0 Å². The van der Waals surface area contributed by atoms with Gasteiger partial charge < -0.3 is 9.47 Å². The van der Waals surface area contributed by atoms with Crippen LogP contribution in [0.2, 0.25) is 0 Å². The SMILES string of the molecule is CCC(C)(C)C(NN)c1cc(OC)cc(OC)c1. The average molecular weight is 252 g/mol. The van der Waals surface area contributed by atoms with Crippen molar-refractivity contribution in [1.29, 1.82) is 0 Å². The largest absolute Gasteiger partial charge is 0.497 e. The molecular formula is C14H24N2O2. The summed E-state index contributed by atoms with van der Waals surface area (Å²) in [5.74, 6) is 7.27. The highest BCUT2D eigenvalue weighted by Crippen LogP contribution is 2.38. The Morgan fingerprint density at radius 1 is 1.17 bits per heavy atom. The van der Waals surface area contributed by atoms with Crippen LogP contribution in [0.3, 0.4) is 0 Å². The molecule has 0 radical (unpaired) electrons. The minimum absolute atomic E-state index is 0.0477. The summed E-state index contributed by atoms with van der Waals surface area (Å²) in [5, 5.41) is 0. The summed E-state index contributed by atoms with van der Waals surface area (Å²) in [5.41, 5.74) is 4.02. The second-order valence-electron chi connectivity index (χ2n) is 5.09. The van der Waals surface area contributed by atoms with Gasteiger partial charge in [0.25, 0.3) is 0 Å². The maximum Gasteiger partial charge on any atom is 0.122 e. The van der Waals surface area contributed by atoms with Gasteiger partial charge in [-0.2, -0.15) is 0 Å². The van der Waals surface area contributed by atoms with E-state index in [4.69, 9.17) is 15.3 Å². The van der Waals surface area contributed by atoms with Gasteiger partial charge in [0.05, 0.1) is 20.3 Å². The summed E-state index contributed by atoms with van der Waals surface area (Å²) in [7, 11) is 3.29. The van der Waals surface area contributed by atoms with Gasteiger partial charge in [-0.05, 0) is 29.5 Å². The number of hydrazine groups is 1. The summed E-state index contributed by atoms with van der Waals surface area (Å²) in [6.45, 7) is 6.52. The molecule has 1 aromatic carbocycles. The quantitative estimate of drug-likeness (QED) is 0.603. The monoisotopic (exact) mass is 252 g/mol. The first-order valence-electron chi connectivity index (χ1n) is 6.17. The highest BCUT2D eigenvalue weighted by atomic mass is 16.5. The zero-order chi connectivity index (χ0) is 13.8. The first-order valence-corrected chi connectivity index (χ1v) is 6.17. The fourth-order valence-electron chi connectivity index (χ4n) is 1.97. The molecule has 0 bridgehead atoms. The van der Waals surface area contributed by atoms with E-state index >= 15 is 0 Å². The maximum absolute atomic E-state index is 5.72. The number of nitrogens with one attached hydrogen (secondary N) is 1. The number of benzene rings is 1. The van der Waals surface area contributed by atoms with Crippen LogP contribution in [-0.4, -0.2) is 14.2 Å². The smallest absolute Gasteiger partial charge is 0.122 e. The lowest BCUT2D eigenvalue weighted by molar-refractivity contribution is 0.235. The molecule has 102 valence electrons. The zero-order valence-corrected chi connectivity index (χ0v) is 11.9. The first kappa shape index (κ1) is 14.8. The third-order valence-corrected chi connectivity index (χ3v) is 3.57. The van der Waals surface area contributed by atoms with Gasteiger partial charge in [-0.25, -0.2) is 0 Å². The topological polar surface area (TPSA) is 56.5 Å². The van der Waals surface area contributed by atoms with Crippen LogP contribution in [0.1, 0.15) is 38.8 Å². The van der Waals surface area contributed by atoms with Gasteiger partial charge >= 0.3 is 0 Å². The Bertz CT molecular complexity index is 369. The molecule has 0 amide bonds. The van der Waals surface area contributed by atoms with Crippen LogP contribution in [0, 0.1) is 5.41 Å². The van der Waals surface area contributed by atoms with E-state index < -0.39 is 0 Å². The van der Waals surface area contributed by atoms with Gasteiger partial charge in [0, 0.05) is 6.07 Å². The van der Waals surface area contributed by atoms with Crippen LogP contribution in [0.5, 0.6) is 11.5 Å². The van der Waals surface area contributed by atoms with E-state index in [1.54, 1.807) is 14.2 Å². The van der Waals surface area contributed by atoms with Crippen molar-refractivity contribution in [2.45, 2.75) is 33.2 Å². The number of nitrogens with two attached hydrogens (primary N) is 1. The van der Waals surface area contributed by atoms with Crippen LogP contribution >= 0.6 is 0 Å². The molecule has 18 heavy (non-hydrogen) atoms. The molecule has 0 aromatic heterocycles. The Morgan fingerprint density at radius 2 is 1.67 bits per heavy atom. The highest BCUT2D eigenvalue weighted by molar-refractivity contribution is 5.40. The van der Waals surface area contributed by atoms with E-state index in [9.17, 15) is 0 Å². The summed E-state index contributed by atoms with van der Waals surface area (Å²) in [6.07, 6.45) is 1.02. The first-order chi connectivity index (χ1) is 8.48. The summed E-state index contributed by atoms with van der Waals surface area (Å²) in [6, 6.07) is 5.89. The second kappa shape index (κ2) is 6.07. The fraction of sp³-hybridized carbons (Fsp3) is 0.571. The number of ether oxygens (including phenoxy) is 2. The third-order valence-electron chi connectivity index (χ3n) is 3.57. The van der Waals surface area contributed by atoms with Gasteiger partial charge in [0.15, 0.2) is 0 Å². The van der Waals surface area contributed by atoms with Gasteiger partial charge in [0.1, 0.15) is 11.5 Å². The van der Waals surface area contributed by atoms with Crippen LogP contribution < -0.4 is 20.7 Å². The number of rotatable bonds is 6. The Labute approximate surface area is 109 Å². The normalized spacial score (nSPS) is 13.2. The van der Waals surface area contributed by atoms with E-state index in [-0.39, 0.29) is 11.5 Å². The maximum atomic E-state index is 5.72. The Kier molecular flexibility index (Phi) is 4.99. The van der Waals surface area contributed by atoms with Crippen molar-refractivity contribution < 1.29 is 9.47 Å². The minimum atomic E-state index is 0.0477. The standard InChI is InChI=1S/C14H24N2O2/c1-6-14(2,3)13(16-15)10-7-11(17-4)9-12(8-10)18-5/h7-9,13,16H,6,15H2,1-5H3. The summed E-state index contributed by atoms with van der Waals surface area (Å²) >= 11 is 0. The third kappa shape index (κ3) is 3.15. The van der Waals surface area contributed by atoms with Gasteiger partial charge in [-0.1, -0.05) is 20.8 Å². The second-order valence-corrected chi connectivity index (χ2v) is 5.09. The molecular weight excluding hydrogens is 228 g/mol. The predicted molar refractivity (Wildman–Crippen MR) is 73.7 cm³/mol. The van der Waals surface area contributed by atoms with Crippen LogP contribution in [-0.2, 0) is 0 Å². The van der Waals surface area contributed by atoms with Crippen molar-refractivity contribution in [3.8, 4) is 11.5 Å². The fourth-order valence-corrected chi connectivity index (χ4v) is 1.97. The molecule has 0 heterocycles. The number of methoxy groups -OCH3 is 2. The predicted octanol–water partition coefficient (Wildman–Crippen LogP) is 2.64. The lowest BCUT2D eigenvalue weighted by Crippen LogP contribution is -2.38. The molecule has 4 heteroatoms. The molecule has 3 N–H and O–H groups in total. The van der Waals surface area contributed by atoms with Crippen molar-refractivity contribution in [3.05, 3.63) is 23.8 Å². The van der Waals surface area contributed by atoms with E-state index in [1.165, 1.54) is 0 Å². The minimum Gasteiger partial charge on any atom is -0.497 e. The van der Waals surface area contributed by atoms with Crippen molar-refractivity contribution in [3.63, 3.8) is 0 Å². The van der Waals surface area contributed by atoms with Crippen molar-refractivity contribution >= 4 is 0 Å². The van der Waals surface area contributed by atoms with Crippen molar-refractivity contribution in [2.75, 3.05) is 14.2 Å². The van der Waals surface area contributed by atoms with Gasteiger partial charge in [-0.15, -0.1) is 0 Å². The Morgan fingerprint density at radius 3 is 2.00 bits per heavy atom. The summed E-state index contributed by atoms with van der Waals surface area (Å²) in [4.78, 5) is 0. The van der Waals surface area contributed by atoms with Gasteiger partial charge in [0.2, 0.25) is 0 Å². The molecule has 1 aromatic rings. The molecule has 0 saturated carbocycles. The molecule has 0 spiro atoms. The van der Waals surface area contributed by atoms with E-state index in [0.29, 0.717) is 0 Å². The zero-order valence-electron chi connectivity index (χ0n) is 11.9. The number of hydrogen-bond acceptors (Lipinski definition) is 4. The number of hydrogen-bond donors (Lipinski definition) is 2. The lowest BCUT2D eigenvalue weighted by Gasteiger charge is -2.33. The Balaban J connectivity index is 3.20.